The van der Waals surface area contributed by atoms with Crippen molar-refractivity contribution < 1.29 is 0 Å². The molecule has 0 atom stereocenters. The molecule has 0 radical (unpaired) electrons. The Bertz CT molecular complexity index is 129. The fourth-order valence-electron chi connectivity index (χ4n) is 0.415. The van der Waals surface area contributed by atoms with E-state index in [9.17, 15) is 0 Å². The minimum absolute atomic E-state index is 0.805. The van der Waals surface area contributed by atoms with E-state index in [0.29, 0.717) is 0 Å². The third-order valence-corrected chi connectivity index (χ3v) is 1.38. The fourth-order valence-corrected chi connectivity index (χ4v) is 0.772. The average molecular weight is 129 g/mol. The number of hydrogen-bond donors (Lipinski definition) is 1. The van der Waals surface area contributed by atoms with Gasteiger partial charge in [0.25, 0.3) is 0 Å². The van der Waals surface area contributed by atoms with Gasteiger partial charge in [-0.3, -0.25) is 0 Å². The maximum Gasteiger partial charge on any atom is 0.183 e. The van der Waals surface area contributed by atoms with Gasteiger partial charge in [0.2, 0.25) is 0 Å². The van der Waals surface area contributed by atoms with E-state index in [2.05, 4.69) is 15.5 Å². The van der Waals surface area contributed by atoms with Crippen molar-refractivity contribution in [3.8, 4) is 0 Å². The Morgan fingerprint density at radius 2 is 2.75 bits per heavy atom. The number of nitrogens with zero attached hydrogens (tertiary/aromatic N) is 2. The number of thioether (sulfide) groups is 1. The molecular weight excluding hydrogens is 122 g/mol. The zero-order chi connectivity index (χ0) is 5.82. The van der Waals surface area contributed by atoms with Crippen molar-refractivity contribution >= 4 is 23.1 Å². The van der Waals surface area contributed by atoms with Crippen molar-refractivity contribution in [3.63, 3.8) is 0 Å². The zero-order valence-electron chi connectivity index (χ0n) is 4.59. The van der Waals surface area contributed by atoms with E-state index in [1.165, 1.54) is 0 Å². The molecule has 8 heavy (non-hydrogen) atoms. The van der Waals surface area contributed by atoms with Gasteiger partial charge in [0, 0.05) is 6.21 Å². The number of amidine groups is 1. The highest BCUT2D eigenvalue weighted by Gasteiger charge is 1.95. The Morgan fingerprint density at radius 3 is 3.12 bits per heavy atom. The maximum absolute atomic E-state index is 3.79. The molecule has 0 saturated carbocycles. The molecule has 0 bridgehead atoms. The van der Waals surface area contributed by atoms with Crippen molar-refractivity contribution in [2.75, 3.05) is 12.8 Å². The van der Waals surface area contributed by atoms with E-state index in [0.717, 1.165) is 11.7 Å². The molecule has 0 spiro atoms. The summed E-state index contributed by atoms with van der Waals surface area (Å²) >= 11 is 1.57. The summed E-state index contributed by atoms with van der Waals surface area (Å²) < 4.78 is 0. The van der Waals surface area contributed by atoms with Crippen LogP contribution in [0.5, 0.6) is 0 Å². The van der Waals surface area contributed by atoms with Crippen LogP contribution in [0.4, 0.5) is 0 Å². The number of rotatable bonds is 0. The summed E-state index contributed by atoms with van der Waals surface area (Å²) in [5.41, 5.74) is 0. The van der Waals surface area contributed by atoms with E-state index < -0.39 is 0 Å². The van der Waals surface area contributed by atoms with Gasteiger partial charge in [0.1, 0.15) is 0 Å². The first kappa shape index (κ1) is 5.62. The first-order chi connectivity index (χ1) is 3.93. The van der Waals surface area contributed by atoms with Gasteiger partial charge in [-0.1, -0.05) is 11.8 Å². The topological polar surface area (TPSA) is 36.8 Å². The summed E-state index contributed by atoms with van der Waals surface area (Å²) in [6, 6.07) is 0. The summed E-state index contributed by atoms with van der Waals surface area (Å²) in [4.78, 5) is 0. The van der Waals surface area contributed by atoms with Crippen LogP contribution in [0.25, 0.3) is 0 Å². The summed E-state index contributed by atoms with van der Waals surface area (Å²) in [5.74, 6) is 0. The first-order valence-electron chi connectivity index (χ1n) is 2.31. The molecule has 0 aromatic carbocycles. The molecule has 0 aliphatic carbocycles. The molecule has 0 fully saturated rings. The van der Waals surface area contributed by atoms with Crippen LogP contribution < -0.4 is 5.32 Å². The normalized spacial score (nSPS) is 17.4. The summed E-state index contributed by atoms with van der Waals surface area (Å²) in [5, 5.41) is 11.4. The molecule has 1 heterocycles. The van der Waals surface area contributed by atoms with Crippen molar-refractivity contribution in [2.45, 2.75) is 0 Å². The van der Waals surface area contributed by atoms with E-state index in [4.69, 9.17) is 0 Å². The Kier molecular flexibility index (Phi) is 1.91. The highest BCUT2D eigenvalue weighted by Crippen LogP contribution is 1.95. The Labute approximate surface area is 52.3 Å². The monoisotopic (exact) mass is 129 g/mol. The summed E-state index contributed by atoms with van der Waals surface area (Å²) in [7, 11) is 0. The minimum Gasteiger partial charge on any atom is -0.358 e. The van der Waals surface area contributed by atoms with Gasteiger partial charge in [0.05, 0.1) is 6.54 Å². The largest absolute Gasteiger partial charge is 0.358 e. The lowest BCUT2D eigenvalue weighted by atomic mass is 10.7. The van der Waals surface area contributed by atoms with Gasteiger partial charge in [-0.25, -0.2) is 0 Å². The lowest BCUT2D eigenvalue weighted by Crippen LogP contribution is -2.24. The first-order valence-corrected chi connectivity index (χ1v) is 3.53. The van der Waals surface area contributed by atoms with Crippen LogP contribution in [0.15, 0.2) is 10.2 Å². The Balaban J connectivity index is 2.50. The highest BCUT2D eigenvalue weighted by atomic mass is 32.2. The maximum atomic E-state index is 3.79. The van der Waals surface area contributed by atoms with Gasteiger partial charge in [-0.2, -0.15) is 5.10 Å². The predicted octanol–water partition coefficient (Wildman–Crippen LogP) is 0.294. The predicted molar refractivity (Wildman–Crippen MR) is 37.4 cm³/mol. The van der Waals surface area contributed by atoms with Crippen molar-refractivity contribution in [1.82, 2.24) is 5.32 Å². The van der Waals surface area contributed by atoms with E-state index in [1.54, 1.807) is 18.0 Å². The van der Waals surface area contributed by atoms with Crippen molar-refractivity contribution in [3.05, 3.63) is 0 Å². The molecule has 0 saturated heterocycles. The van der Waals surface area contributed by atoms with Gasteiger partial charge in [-0.15, -0.1) is 5.10 Å². The second-order valence-electron chi connectivity index (χ2n) is 1.29. The summed E-state index contributed by atoms with van der Waals surface area (Å²) in [6.45, 7) is 0.805. The highest BCUT2D eigenvalue weighted by molar-refractivity contribution is 8.13. The van der Waals surface area contributed by atoms with E-state index in [-0.39, 0.29) is 0 Å². The lowest BCUT2D eigenvalue weighted by molar-refractivity contribution is 1.04. The van der Waals surface area contributed by atoms with Gasteiger partial charge < -0.3 is 5.32 Å². The lowest BCUT2D eigenvalue weighted by Gasteiger charge is -2.04. The molecule has 1 aliphatic rings. The molecule has 1 rings (SSSR count). The SMILES string of the molecule is CSC1=NN=CCN1. The molecule has 1 N–H and O–H groups in total. The van der Waals surface area contributed by atoms with Gasteiger partial charge >= 0.3 is 0 Å². The standard InChI is InChI=1S/C4H7N3S/c1-8-4-5-2-3-6-7-4/h3H,2H2,1H3,(H,5,7). The molecule has 0 aromatic rings. The van der Waals surface area contributed by atoms with Gasteiger partial charge in [0.15, 0.2) is 5.17 Å². The molecule has 0 amide bonds. The number of nitrogens with one attached hydrogen (secondary N) is 1. The molecule has 4 heteroatoms. The Hall–Kier alpha value is -0.510. The molecular formula is C4H7N3S. The van der Waals surface area contributed by atoms with Crippen LogP contribution >= 0.6 is 11.8 Å². The molecule has 0 aromatic heterocycles. The minimum atomic E-state index is 0.805. The molecule has 0 unspecified atom stereocenters. The van der Waals surface area contributed by atoms with Crippen LogP contribution in [-0.4, -0.2) is 24.2 Å². The third kappa shape index (κ3) is 1.23. The second-order valence-corrected chi connectivity index (χ2v) is 2.08. The van der Waals surface area contributed by atoms with Gasteiger partial charge in [-0.05, 0) is 6.26 Å². The molecule has 44 valence electrons. The van der Waals surface area contributed by atoms with Crippen molar-refractivity contribution in [2.24, 2.45) is 10.2 Å². The summed E-state index contributed by atoms with van der Waals surface area (Å²) in [6.07, 6.45) is 3.70. The zero-order valence-corrected chi connectivity index (χ0v) is 5.40. The van der Waals surface area contributed by atoms with E-state index in [1.807, 2.05) is 6.26 Å². The quantitative estimate of drug-likeness (QED) is 0.510. The van der Waals surface area contributed by atoms with Crippen LogP contribution in [-0.2, 0) is 0 Å². The molecule has 3 nitrogen and oxygen atoms in total. The van der Waals surface area contributed by atoms with E-state index >= 15 is 0 Å². The van der Waals surface area contributed by atoms with Crippen LogP contribution in [0, 0.1) is 0 Å². The average Bonchev–Trinajstić information content (AvgIpc) is 1.90. The van der Waals surface area contributed by atoms with Crippen LogP contribution in [0.3, 0.4) is 0 Å². The smallest absolute Gasteiger partial charge is 0.183 e. The van der Waals surface area contributed by atoms with Crippen LogP contribution in [0.1, 0.15) is 0 Å². The third-order valence-electron chi connectivity index (χ3n) is 0.768. The fraction of sp³-hybridized carbons (Fsp3) is 0.500. The molecule has 1 aliphatic heterocycles. The van der Waals surface area contributed by atoms with Crippen LogP contribution in [0.2, 0.25) is 0 Å². The second kappa shape index (κ2) is 2.71. The Morgan fingerprint density at radius 1 is 1.88 bits per heavy atom. The van der Waals surface area contributed by atoms with Crippen molar-refractivity contribution in [1.29, 1.82) is 0 Å². The number of hydrogen-bond acceptors (Lipinski definition) is 4.